The van der Waals surface area contributed by atoms with E-state index in [0.29, 0.717) is 11.8 Å². The highest BCUT2D eigenvalue weighted by Crippen LogP contribution is 2.59. The van der Waals surface area contributed by atoms with E-state index in [1.165, 1.54) is 6.42 Å². The predicted octanol–water partition coefficient (Wildman–Crippen LogP) is 4.48. The molecule has 0 unspecified atom stereocenters. The largest absolute Gasteiger partial charge is 0.471 e. The van der Waals surface area contributed by atoms with E-state index in [1.807, 2.05) is 30.3 Å². The fourth-order valence-corrected chi connectivity index (χ4v) is 5.80. The molecule has 1 aromatic rings. The number of hydrogen-bond donors (Lipinski definition) is 1. The monoisotopic (exact) mass is 337 g/mol. The third kappa shape index (κ3) is 2.82. The van der Waals surface area contributed by atoms with Crippen molar-refractivity contribution in [3.8, 4) is 0 Å². The highest BCUT2D eigenvalue weighted by molar-refractivity contribution is 5.82. The SMILES string of the molecule is O=C(N[C@@H](c1ccccc1)C1C2CC3CC(C2)CC1C3)C(F)(F)F. The molecule has 0 aliphatic heterocycles. The molecule has 0 saturated heterocycles. The molecule has 24 heavy (non-hydrogen) atoms. The Morgan fingerprint density at radius 3 is 2.00 bits per heavy atom. The number of alkyl halides is 3. The average Bonchev–Trinajstić information content (AvgIpc) is 2.52. The molecule has 4 saturated carbocycles. The first-order valence-corrected chi connectivity index (χ1v) is 8.84. The van der Waals surface area contributed by atoms with Gasteiger partial charge in [-0.05, 0) is 67.3 Å². The highest BCUT2D eigenvalue weighted by Gasteiger charge is 2.52. The number of halogens is 3. The van der Waals surface area contributed by atoms with E-state index >= 15 is 0 Å². The standard InChI is InChI=1S/C19H22F3NO/c20-19(21,22)18(24)23-17(13-4-2-1-3-5-13)16-14-7-11-6-12(9-14)10-15(16)8-11/h1-5,11-12,14-17H,6-10H2,(H,23,24)/t11?,12?,14?,15?,16?,17-/m0/s1. The summed E-state index contributed by atoms with van der Waals surface area (Å²) in [6.07, 6.45) is 0.918. The van der Waals surface area contributed by atoms with Crippen LogP contribution in [-0.4, -0.2) is 12.1 Å². The molecule has 0 heterocycles. The van der Waals surface area contributed by atoms with Crippen molar-refractivity contribution in [2.24, 2.45) is 29.6 Å². The molecule has 0 spiro atoms. The molecule has 4 aliphatic carbocycles. The summed E-state index contributed by atoms with van der Waals surface area (Å²) in [5.41, 5.74) is 0.799. The highest BCUT2D eigenvalue weighted by atomic mass is 19.4. The van der Waals surface area contributed by atoms with E-state index in [0.717, 1.165) is 43.1 Å². The molecule has 0 radical (unpaired) electrons. The van der Waals surface area contributed by atoms with Crippen molar-refractivity contribution >= 4 is 5.91 Å². The lowest BCUT2D eigenvalue weighted by Crippen LogP contribution is -2.51. The van der Waals surface area contributed by atoms with Crippen LogP contribution in [0.2, 0.25) is 0 Å². The van der Waals surface area contributed by atoms with E-state index in [-0.39, 0.29) is 5.92 Å². The number of nitrogens with one attached hydrogen (secondary N) is 1. The quantitative estimate of drug-likeness (QED) is 0.866. The van der Waals surface area contributed by atoms with Crippen molar-refractivity contribution in [2.75, 3.05) is 0 Å². The van der Waals surface area contributed by atoms with Gasteiger partial charge in [-0.3, -0.25) is 4.79 Å². The maximum atomic E-state index is 12.8. The third-order valence-corrected chi connectivity index (χ3v) is 6.39. The maximum absolute atomic E-state index is 12.8. The van der Waals surface area contributed by atoms with E-state index < -0.39 is 18.1 Å². The van der Waals surface area contributed by atoms with Gasteiger partial charge in [0.05, 0.1) is 6.04 Å². The Morgan fingerprint density at radius 2 is 1.50 bits per heavy atom. The average molecular weight is 337 g/mol. The predicted molar refractivity (Wildman–Crippen MR) is 83.9 cm³/mol. The molecule has 4 aliphatic rings. The van der Waals surface area contributed by atoms with Crippen LogP contribution in [0.3, 0.4) is 0 Å². The molecule has 5 rings (SSSR count). The summed E-state index contributed by atoms with van der Waals surface area (Å²) in [5.74, 6) is 0.702. The molecule has 1 atom stereocenters. The third-order valence-electron chi connectivity index (χ3n) is 6.39. The van der Waals surface area contributed by atoms with Crippen LogP contribution in [0.15, 0.2) is 30.3 Å². The van der Waals surface area contributed by atoms with Gasteiger partial charge in [0.1, 0.15) is 0 Å². The Balaban J connectivity index is 1.64. The zero-order valence-corrected chi connectivity index (χ0v) is 13.4. The molecular weight excluding hydrogens is 315 g/mol. The molecule has 1 aromatic carbocycles. The molecule has 4 bridgehead atoms. The summed E-state index contributed by atoms with van der Waals surface area (Å²) in [6, 6.07) is 8.66. The topological polar surface area (TPSA) is 29.1 Å². The summed E-state index contributed by atoms with van der Waals surface area (Å²) in [6.45, 7) is 0. The number of hydrogen-bond acceptors (Lipinski definition) is 1. The van der Waals surface area contributed by atoms with E-state index in [9.17, 15) is 18.0 Å². The molecule has 0 aromatic heterocycles. The maximum Gasteiger partial charge on any atom is 0.471 e. The van der Waals surface area contributed by atoms with Crippen LogP contribution in [0.1, 0.15) is 43.7 Å². The van der Waals surface area contributed by atoms with Gasteiger partial charge in [-0.15, -0.1) is 0 Å². The first kappa shape index (κ1) is 16.0. The van der Waals surface area contributed by atoms with Crippen molar-refractivity contribution in [1.82, 2.24) is 5.32 Å². The summed E-state index contributed by atoms with van der Waals surface area (Å²) in [4.78, 5) is 11.6. The van der Waals surface area contributed by atoms with Gasteiger partial charge in [-0.25, -0.2) is 0 Å². The fraction of sp³-hybridized carbons (Fsp3) is 0.632. The van der Waals surface area contributed by atoms with Crippen LogP contribution in [0, 0.1) is 29.6 Å². The van der Waals surface area contributed by atoms with Crippen molar-refractivity contribution < 1.29 is 18.0 Å². The molecule has 5 heteroatoms. The molecule has 2 nitrogen and oxygen atoms in total. The number of benzene rings is 1. The van der Waals surface area contributed by atoms with E-state index in [1.54, 1.807) is 0 Å². The second-order valence-electron chi connectivity index (χ2n) is 7.87. The van der Waals surface area contributed by atoms with Crippen LogP contribution in [0.4, 0.5) is 13.2 Å². The van der Waals surface area contributed by atoms with E-state index in [2.05, 4.69) is 5.32 Å². The second-order valence-corrected chi connectivity index (χ2v) is 7.87. The number of rotatable bonds is 3. The Labute approximate surface area is 139 Å². The summed E-state index contributed by atoms with van der Waals surface area (Å²) < 4.78 is 38.5. The van der Waals surface area contributed by atoms with Crippen LogP contribution in [0.25, 0.3) is 0 Å². The number of carbonyl (C=O) groups is 1. The van der Waals surface area contributed by atoms with Crippen molar-refractivity contribution in [2.45, 2.75) is 44.3 Å². The first-order valence-electron chi connectivity index (χ1n) is 8.84. The molecular formula is C19H22F3NO. The van der Waals surface area contributed by atoms with Crippen molar-refractivity contribution in [3.05, 3.63) is 35.9 Å². The van der Waals surface area contributed by atoms with Gasteiger partial charge >= 0.3 is 12.1 Å². The fourth-order valence-electron chi connectivity index (χ4n) is 5.80. The van der Waals surface area contributed by atoms with Crippen LogP contribution < -0.4 is 5.32 Å². The normalized spacial score (nSPS) is 35.7. The zero-order chi connectivity index (χ0) is 16.9. The zero-order valence-electron chi connectivity index (χ0n) is 13.4. The van der Waals surface area contributed by atoms with Gasteiger partial charge < -0.3 is 5.32 Å². The molecule has 4 fully saturated rings. The Hall–Kier alpha value is -1.52. The number of carbonyl (C=O) groups excluding carboxylic acids is 1. The minimum Gasteiger partial charge on any atom is -0.341 e. The smallest absolute Gasteiger partial charge is 0.341 e. The summed E-state index contributed by atoms with van der Waals surface area (Å²) in [7, 11) is 0. The van der Waals surface area contributed by atoms with Crippen molar-refractivity contribution in [1.29, 1.82) is 0 Å². The van der Waals surface area contributed by atoms with Gasteiger partial charge in [-0.1, -0.05) is 30.3 Å². The van der Waals surface area contributed by atoms with Gasteiger partial charge in [0.2, 0.25) is 0 Å². The minimum atomic E-state index is -4.83. The lowest BCUT2D eigenvalue weighted by atomic mass is 9.50. The second kappa shape index (κ2) is 5.78. The Bertz CT molecular complexity index is 585. The Kier molecular flexibility index (Phi) is 3.85. The lowest BCUT2D eigenvalue weighted by molar-refractivity contribution is -0.176. The van der Waals surface area contributed by atoms with E-state index in [4.69, 9.17) is 0 Å². The van der Waals surface area contributed by atoms with Gasteiger partial charge in [0.25, 0.3) is 0 Å². The van der Waals surface area contributed by atoms with Crippen LogP contribution in [0.5, 0.6) is 0 Å². The van der Waals surface area contributed by atoms with Gasteiger partial charge in [0, 0.05) is 0 Å². The number of amides is 1. The van der Waals surface area contributed by atoms with Crippen LogP contribution >= 0.6 is 0 Å². The Morgan fingerprint density at radius 1 is 0.958 bits per heavy atom. The minimum absolute atomic E-state index is 0.131. The van der Waals surface area contributed by atoms with Gasteiger partial charge in [0.15, 0.2) is 0 Å². The molecule has 1 amide bonds. The lowest BCUT2D eigenvalue weighted by Gasteiger charge is -2.56. The first-order chi connectivity index (χ1) is 11.4. The molecule has 1 N–H and O–H groups in total. The molecule has 130 valence electrons. The van der Waals surface area contributed by atoms with Gasteiger partial charge in [-0.2, -0.15) is 13.2 Å². The summed E-state index contributed by atoms with van der Waals surface area (Å²) in [5, 5.41) is 2.34. The summed E-state index contributed by atoms with van der Waals surface area (Å²) >= 11 is 0. The van der Waals surface area contributed by atoms with Crippen LogP contribution in [-0.2, 0) is 4.79 Å². The van der Waals surface area contributed by atoms with Crippen molar-refractivity contribution in [3.63, 3.8) is 0 Å².